The van der Waals surface area contributed by atoms with Crippen LogP contribution in [0.1, 0.15) is 19.4 Å². The molecule has 3 aliphatic heterocycles. The van der Waals surface area contributed by atoms with Gasteiger partial charge in [0.2, 0.25) is 17.7 Å². The number of rotatable bonds is 3. The first-order chi connectivity index (χ1) is 14.4. The minimum absolute atomic E-state index is 0.0602. The largest absolute Gasteiger partial charge is 0.497 e. The molecule has 5 rings (SSSR count). The predicted molar refractivity (Wildman–Crippen MR) is 111 cm³/mol. The number of anilines is 2. The number of imide groups is 1. The number of nitrogens with zero attached hydrogens (tertiary/aromatic N) is 1. The summed E-state index contributed by atoms with van der Waals surface area (Å²) in [7, 11) is 1.56. The number of ether oxygens (including phenoxy) is 1. The molecule has 0 aliphatic carbocycles. The molecule has 2 fully saturated rings. The molecular formula is C23H23N3O4. The van der Waals surface area contributed by atoms with Crippen molar-refractivity contribution in [3.05, 3.63) is 54.1 Å². The van der Waals surface area contributed by atoms with Gasteiger partial charge in [0.1, 0.15) is 11.3 Å². The Morgan fingerprint density at radius 1 is 1.00 bits per heavy atom. The van der Waals surface area contributed by atoms with Crippen LogP contribution in [0.15, 0.2) is 48.5 Å². The zero-order valence-electron chi connectivity index (χ0n) is 17.0. The van der Waals surface area contributed by atoms with E-state index < -0.39 is 17.4 Å². The molecule has 3 amide bonds. The van der Waals surface area contributed by atoms with E-state index in [4.69, 9.17) is 4.74 Å². The van der Waals surface area contributed by atoms with E-state index in [1.807, 2.05) is 38.1 Å². The van der Waals surface area contributed by atoms with Crippen LogP contribution in [0.3, 0.4) is 0 Å². The molecule has 7 heteroatoms. The first-order valence-electron chi connectivity index (χ1n) is 10.1. The Hall–Kier alpha value is -3.19. The van der Waals surface area contributed by atoms with Gasteiger partial charge in [0.05, 0.1) is 24.6 Å². The van der Waals surface area contributed by atoms with Gasteiger partial charge in [-0.25, -0.2) is 4.90 Å². The number of fused-ring (bicyclic) bond motifs is 4. The normalized spacial score (nSPS) is 29.5. The molecule has 2 N–H and O–H groups in total. The van der Waals surface area contributed by atoms with Crippen LogP contribution in [0.5, 0.6) is 5.75 Å². The highest BCUT2D eigenvalue weighted by Crippen LogP contribution is 2.54. The quantitative estimate of drug-likeness (QED) is 0.765. The van der Waals surface area contributed by atoms with Crippen molar-refractivity contribution in [1.82, 2.24) is 5.32 Å². The Balaban J connectivity index is 1.65. The van der Waals surface area contributed by atoms with E-state index in [1.165, 1.54) is 4.90 Å². The van der Waals surface area contributed by atoms with E-state index in [0.29, 0.717) is 17.1 Å². The van der Waals surface area contributed by atoms with E-state index >= 15 is 0 Å². The third-order valence-electron chi connectivity index (χ3n) is 6.61. The van der Waals surface area contributed by atoms with Crippen molar-refractivity contribution < 1.29 is 19.1 Å². The van der Waals surface area contributed by atoms with Gasteiger partial charge < -0.3 is 10.1 Å². The molecule has 30 heavy (non-hydrogen) atoms. The summed E-state index contributed by atoms with van der Waals surface area (Å²) in [6.07, 6.45) is 0. The Morgan fingerprint density at radius 3 is 2.37 bits per heavy atom. The average molecular weight is 405 g/mol. The number of para-hydroxylation sites is 1. The number of carbonyl (C=O) groups excluding carboxylic acids is 3. The highest BCUT2D eigenvalue weighted by atomic mass is 16.5. The minimum atomic E-state index is -1.25. The van der Waals surface area contributed by atoms with Gasteiger partial charge in [-0.05, 0) is 36.2 Å². The molecule has 0 radical (unpaired) electrons. The molecule has 4 atom stereocenters. The molecule has 2 saturated heterocycles. The monoisotopic (exact) mass is 405 g/mol. The fraction of sp³-hybridized carbons (Fsp3) is 0.348. The van der Waals surface area contributed by atoms with Crippen molar-refractivity contribution >= 4 is 29.1 Å². The summed E-state index contributed by atoms with van der Waals surface area (Å²) in [5.41, 5.74) is 0.654. The van der Waals surface area contributed by atoms with Crippen LogP contribution in [-0.4, -0.2) is 30.9 Å². The molecule has 154 valence electrons. The first-order valence-corrected chi connectivity index (χ1v) is 10.1. The second kappa shape index (κ2) is 6.40. The SMILES string of the molecule is COc1ccc(N2C(=O)[C@@H]3[C@@H](C2=O)[C@]2(N[C@H]3C(C)C)C(=O)Nc3ccccc32)cc1. The maximum Gasteiger partial charge on any atom is 0.250 e. The van der Waals surface area contributed by atoms with Crippen LogP contribution in [0.4, 0.5) is 11.4 Å². The predicted octanol–water partition coefficient (Wildman–Crippen LogP) is 2.28. The molecule has 0 unspecified atom stereocenters. The van der Waals surface area contributed by atoms with Crippen molar-refractivity contribution in [1.29, 1.82) is 0 Å². The second-order valence-corrected chi connectivity index (χ2v) is 8.44. The summed E-state index contributed by atoms with van der Waals surface area (Å²) in [5.74, 6) is -1.61. The second-order valence-electron chi connectivity index (χ2n) is 8.44. The number of hydrogen-bond acceptors (Lipinski definition) is 5. The summed E-state index contributed by atoms with van der Waals surface area (Å²) >= 11 is 0. The zero-order chi connectivity index (χ0) is 21.2. The summed E-state index contributed by atoms with van der Waals surface area (Å²) in [4.78, 5) is 41.7. The summed E-state index contributed by atoms with van der Waals surface area (Å²) in [6.45, 7) is 4.00. The van der Waals surface area contributed by atoms with Gasteiger partial charge in [-0.15, -0.1) is 0 Å². The Bertz CT molecular complexity index is 1060. The molecule has 2 aromatic carbocycles. The molecule has 7 nitrogen and oxygen atoms in total. The highest BCUT2D eigenvalue weighted by molar-refractivity contribution is 6.25. The van der Waals surface area contributed by atoms with Crippen molar-refractivity contribution in [2.24, 2.45) is 17.8 Å². The molecule has 2 aromatic rings. The maximum absolute atomic E-state index is 13.7. The van der Waals surface area contributed by atoms with E-state index in [9.17, 15) is 14.4 Å². The average Bonchev–Trinajstić information content (AvgIpc) is 3.33. The lowest BCUT2D eigenvalue weighted by Crippen LogP contribution is -2.54. The number of carbonyl (C=O) groups is 3. The van der Waals surface area contributed by atoms with Crippen molar-refractivity contribution in [3.63, 3.8) is 0 Å². The molecule has 3 heterocycles. The molecule has 3 aliphatic rings. The summed E-state index contributed by atoms with van der Waals surface area (Å²) in [5, 5.41) is 6.33. The Kier molecular flexibility index (Phi) is 4.02. The van der Waals surface area contributed by atoms with E-state index in [0.717, 1.165) is 5.56 Å². The summed E-state index contributed by atoms with van der Waals surface area (Å²) < 4.78 is 5.19. The van der Waals surface area contributed by atoms with E-state index in [1.54, 1.807) is 31.4 Å². The van der Waals surface area contributed by atoms with Gasteiger partial charge in [0.15, 0.2) is 0 Å². The van der Waals surface area contributed by atoms with Gasteiger partial charge in [0, 0.05) is 17.3 Å². The smallest absolute Gasteiger partial charge is 0.250 e. The molecular weight excluding hydrogens is 382 g/mol. The maximum atomic E-state index is 13.7. The lowest BCUT2D eigenvalue weighted by molar-refractivity contribution is -0.130. The van der Waals surface area contributed by atoms with Crippen LogP contribution in [0.2, 0.25) is 0 Å². The zero-order valence-corrected chi connectivity index (χ0v) is 17.0. The third-order valence-corrected chi connectivity index (χ3v) is 6.61. The van der Waals surface area contributed by atoms with Crippen LogP contribution < -0.4 is 20.3 Å². The lowest BCUT2D eigenvalue weighted by Gasteiger charge is -2.30. The Labute approximate surface area is 174 Å². The number of benzene rings is 2. The topological polar surface area (TPSA) is 87.7 Å². The highest BCUT2D eigenvalue weighted by Gasteiger charge is 2.70. The summed E-state index contributed by atoms with van der Waals surface area (Å²) in [6, 6.07) is 13.9. The van der Waals surface area contributed by atoms with Gasteiger partial charge in [-0.2, -0.15) is 0 Å². The molecule has 1 spiro atoms. The first kappa shape index (κ1) is 18.8. The van der Waals surface area contributed by atoms with Gasteiger partial charge in [0.25, 0.3) is 0 Å². The van der Waals surface area contributed by atoms with Crippen molar-refractivity contribution in [2.45, 2.75) is 25.4 Å². The van der Waals surface area contributed by atoms with E-state index in [2.05, 4.69) is 10.6 Å². The van der Waals surface area contributed by atoms with Crippen LogP contribution in [0, 0.1) is 17.8 Å². The molecule has 0 saturated carbocycles. The lowest BCUT2D eigenvalue weighted by atomic mass is 9.76. The van der Waals surface area contributed by atoms with E-state index in [-0.39, 0.29) is 29.7 Å². The molecule has 0 aromatic heterocycles. The number of methoxy groups -OCH3 is 1. The number of amides is 3. The minimum Gasteiger partial charge on any atom is -0.497 e. The van der Waals surface area contributed by atoms with Gasteiger partial charge in [-0.3, -0.25) is 19.7 Å². The van der Waals surface area contributed by atoms with Gasteiger partial charge in [-0.1, -0.05) is 32.0 Å². The fourth-order valence-electron chi connectivity index (χ4n) is 5.25. The Morgan fingerprint density at radius 2 is 1.70 bits per heavy atom. The van der Waals surface area contributed by atoms with Crippen molar-refractivity contribution in [3.8, 4) is 5.75 Å². The van der Waals surface area contributed by atoms with Crippen LogP contribution >= 0.6 is 0 Å². The number of nitrogens with one attached hydrogen (secondary N) is 2. The number of hydrogen-bond donors (Lipinski definition) is 2. The molecule has 0 bridgehead atoms. The van der Waals surface area contributed by atoms with Crippen molar-refractivity contribution in [2.75, 3.05) is 17.3 Å². The third kappa shape index (κ3) is 2.26. The fourth-order valence-corrected chi connectivity index (χ4v) is 5.25. The standard InChI is InChI=1S/C23H23N3O4/c1-12(2)19-17-18(23(25-19)15-6-4-5-7-16(15)24-22(23)29)21(28)26(20(17)27)13-8-10-14(30-3)11-9-13/h4-12,17-19,25H,1-3H3,(H,24,29)/t17-,18+,19+,23+/m1/s1. The van der Waals surface area contributed by atoms with Gasteiger partial charge >= 0.3 is 0 Å². The van der Waals surface area contributed by atoms with Crippen LogP contribution in [0.25, 0.3) is 0 Å². The van der Waals surface area contributed by atoms with Crippen LogP contribution in [-0.2, 0) is 19.9 Å².